The van der Waals surface area contributed by atoms with Crippen LogP contribution in [0, 0.1) is 0 Å². The van der Waals surface area contributed by atoms with Gasteiger partial charge in [-0.15, -0.1) is 0 Å². The van der Waals surface area contributed by atoms with Crippen molar-refractivity contribution in [2.24, 2.45) is 0 Å². The molecule has 2 unspecified atom stereocenters. The van der Waals surface area contributed by atoms with Crippen LogP contribution in [-0.4, -0.2) is 16.3 Å². The second kappa shape index (κ2) is 7.25. The van der Waals surface area contributed by atoms with Gasteiger partial charge in [0.1, 0.15) is 0 Å². The van der Waals surface area contributed by atoms with E-state index in [1.807, 2.05) is 10.9 Å². The van der Waals surface area contributed by atoms with E-state index in [4.69, 9.17) is 0 Å². The molecule has 2 atom stereocenters. The summed E-state index contributed by atoms with van der Waals surface area (Å²) in [4.78, 5) is 0. The largest absolute Gasteiger partial charge is 0.310 e. The number of nitrogens with one attached hydrogen (secondary N) is 1. The van der Waals surface area contributed by atoms with Gasteiger partial charge in [-0.3, -0.25) is 4.68 Å². The van der Waals surface area contributed by atoms with Crippen molar-refractivity contribution in [2.75, 3.05) is 6.54 Å². The van der Waals surface area contributed by atoms with E-state index in [2.05, 4.69) is 67.7 Å². The van der Waals surface area contributed by atoms with E-state index < -0.39 is 0 Å². The molecule has 1 aromatic heterocycles. The van der Waals surface area contributed by atoms with E-state index in [0.29, 0.717) is 12.0 Å². The molecule has 1 aromatic carbocycles. The van der Waals surface area contributed by atoms with E-state index in [1.54, 1.807) is 0 Å². The summed E-state index contributed by atoms with van der Waals surface area (Å²) in [7, 11) is 0. The highest BCUT2D eigenvalue weighted by molar-refractivity contribution is 5.18. The maximum absolute atomic E-state index is 4.32. The Kier molecular flexibility index (Phi) is 5.36. The number of hydrogen-bond acceptors (Lipinski definition) is 2. The van der Waals surface area contributed by atoms with Crippen molar-refractivity contribution >= 4 is 0 Å². The van der Waals surface area contributed by atoms with Crippen LogP contribution in [0.5, 0.6) is 0 Å². The topological polar surface area (TPSA) is 29.9 Å². The lowest BCUT2D eigenvalue weighted by molar-refractivity contribution is 0.530. The molecule has 2 rings (SSSR count). The van der Waals surface area contributed by atoms with Crippen molar-refractivity contribution in [1.29, 1.82) is 0 Å². The average Bonchev–Trinajstić information content (AvgIpc) is 2.97. The van der Waals surface area contributed by atoms with Crippen molar-refractivity contribution in [2.45, 2.75) is 45.7 Å². The van der Waals surface area contributed by atoms with Crippen LogP contribution in [-0.2, 0) is 6.54 Å². The summed E-state index contributed by atoms with van der Waals surface area (Å²) in [5, 5.41) is 7.91. The summed E-state index contributed by atoms with van der Waals surface area (Å²) in [6.07, 6.45) is 5.23. The van der Waals surface area contributed by atoms with Crippen molar-refractivity contribution in [3.05, 3.63) is 53.9 Å². The van der Waals surface area contributed by atoms with Crippen LogP contribution in [0.4, 0.5) is 0 Å². The maximum Gasteiger partial charge on any atom is 0.0537 e. The first-order valence-electron chi connectivity index (χ1n) is 7.51. The third-order valence-electron chi connectivity index (χ3n) is 3.87. The Balaban J connectivity index is 1.78. The van der Waals surface area contributed by atoms with Crippen LogP contribution >= 0.6 is 0 Å². The van der Waals surface area contributed by atoms with E-state index in [-0.39, 0.29) is 0 Å². The molecular formula is C17H25N3. The SMILES string of the molecule is CCn1cc(C(C)NCCC(C)c2ccccc2)cn1. The average molecular weight is 271 g/mol. The molecule has 2 aromatic rings. The van der Waals surface area contributed by atoms with Crippen LogP contribution in [0.15, 0.2) is 42.7 Å². The van der Waals surface area contributed by atoms with Gasteiger partial charge in [0.05, 0.1) is 6.20 Å². The number of aromatic nitrogens is 2. The molecule has 0 amide bonds. The lowest BCUT2D eigenvalue weighted by Crippen LogP contribution is -2.20. The number of benzene rings is 1. The predicted octanol–water partition coefficient (Wildman–Crippen LogP) is 3.75. The van der Waals surface area contributed by atoms with Gasteiger partial charge in [-0.05, 0) is 38.3 Å². The normalized spacial score (nSPS) is 14.2. The summed E-state index contributed by atoms with van der Waals surface area (Å²) >= 11 is 0. The predicted molar refractivity (Wildman–Crippen MR) is 83.8 cm³/mol. The van der Waals surface area contributed by atoms with Gasteiger partial charge in [-0.1, -0.05) is 37.3 Å². The molecule has 0 aliphatic rings. The van der Waals surface area contributed by atoms with Gasteiger partial charge < -0.3 is 5.32 Å². The van der Waals surface area contributed by atoms with Crippen molar-refractivity contribution in [3.8, 4) is 0 Å². The summed E-state index contributed by atoms with van der Waals surface area (Å²) in [5.41, 5.74) is 2.68. The summed E-state index contributed by atoms with van der Waals surface area (Å²) in [6, 6.07) is 11.1. The lowest BCUT2D eigenvalue weighted by atomic mass is 9.98. The van der Waals surface area contributed by atoms with Crippen LogP contribution < -0.4 is 5.32 Å². The standard InChI is InChI=1S/C17H25N3/c1-4-20-13-17(12-19-20)15(3)18-11-10-14(2)16-8-6-5-7-9-16/h5-9,12-15,18H,4,10-11H2,1-3H3. The first kappa shape index (κ1) is 14.8. The zero-order valence-electron chi connectivity index (χ0n) is 12.7. The van der Waals surface area contributed by atoms with Crippen molar-refractivity contribution < 1.29 is 0 Å². The molecule has 0 fully saturated rings. The van der Waals surface area contributed by atoms with Gasteiger partial charge in [-0.2, -0.15) is 5.10 Å². The fourth-order valence-corrected chi connectivity index (χ4v) is 2.36. The zero-order valence-corrected chi connectivity index (χ0v) is 12.7. The molecule has 108 valence electrons. The molecule has 3 heteroatoms. The van der Waals surface area contributed by atoms with E-state index in [0.717, 1.165) is 19.5 Å². The molecule has 0 aliphatic carbocycles. The summed E-state index contributed by atoms with van der Waals surface area (Å²) in [5.74, 6) is 0.592. The smallest absolute Gasteiger partial charge is 0.0537 e. The van der Waals surface area contributed by atoms with Gasteiger partial charge in [0, 0.05) is 24.3 Å². The molecule has 0 spiro atoms. The Morgan fingerprint density at radius 1 is 1.15 bits per heavy atom. The monoisotopic (exact) mass is 271 g/mol. The Morgan fingerprint density at radius 3 is 2.55 bits per heavy atom. The molecule has 0 aliphatic heterocycles. The van der Waals surface area contributed by atoms with Crippen molar-refractivity contribution in [3.63, 3.8) is 0 Å². The molecule has 20 heavy (non-hydrogen) atoms. The number of aryl methyl sites for hydroxylation is 1. The Morgan fingerprint density at radius 2 is 1.90 bits per heavy atom. The molecule has 0 radical (unpaired) electrons. The number of rotatable bonds is 7. The molecule has 3 nitrogen and oxygen atoms in total. The van der Waals surface area contributed by atoms with Crippen LogP contribution in [0.3, 0.4) is 0 Å². The Bertz CT molecular complexity index is 504. The summed E-state index contributed by atoms with van der Waals surface area (Å²) in [6.45, 7) is 8.55. The molecular weight excluding hydrogens is 246 g/mol. The fraction of sp³-hybridized carbons (Fsp3) is 0.471. The molecule has 1 N–H and O–H groups in total. The Hall–Kier alpha value is -1.61. The molecule has 0 bridgehead atoms. The first-order chi connectivity index (χ1) is 9.70. The lowest BCUT2D eigenvalue weighted by Gasteiger charge is -2.15. The van der Waals surface area contributed by atoms with Gasteiger partial charge >= 0.3 is 0 Å². The van der Waals surface area contributed by atoms with E-state index in [9.17, 15) is 0 Å². The zero-order chi connectivity index (χ0) is 14.4. The van der Waals surface area contributed by atoms with Crippen LogP contribution in [0.1, 0.15) is 50.3 Å². The second-order valence-corrected chi connectivity index (χ2v) is 5.41. The highest BCUT2D eigenvalue weighted by Gasteiger charge is 2.09. The fourth-order valence-electron chi connectivity index (χ4n) is 2.36. The maximum atomic E-state index is 4.32. The minimum absolute atomic E-state index is 0.360. The first-order valence-corrected chi connectivity index (χ1v) is 7.51. The van der Waals surface area contributed by atoms with Crippen LogP contribution in [0.25, 0.3) is 0 Å². The molecule has 0 saturated heterocycles. The van der Waals surface area contributed by atoms with Gasteiger partial charge in [0.25, 0.3) is 0 Å². The quantitative estimate of drug-likeness (QED) is 0.831. The van der Waals surface area contributed by atoms with Gasteiger partial charge in [0.2, 0.25) is 0 Å². The third kappa shape index (κ3) is 3.94. The minimum atomic E-state index is 0.360. The van der Waals surface area contributed by atoms with Gasteiger partial charge in [0.15, 0.2) is 0 Å². The van der Waals surface area contributed by atoms with Crippen molar-refractivity contribution in [1.82, 2.24) is 15.1 Å². The molecule has 1 heterocycles. The summed E-state index contributed by atoms with van der Waals surface area (Å²) < 4.78 is 1.97. The number of nitrogens with zero attached hydrogens (tertiary/aromatic N) is 2. The van der Waals surface area contributed by atoms with E-state index in [1.165, 1.54) is 11.1 Å². The van der Waals surface area contributed by atoms with Crippen LogP contribution in [0.2, 0.25) is 0 Å². The van der Waals surface area contributed by atoms with Gasteiger partial charge in [-0.25, -0.2) is 0 Å². The molecule has 0 saturated carbocycles. The third-order valence-corrected chi connectivity index (χ3v) is 3.87. The Labute approximate surface area is 122 Å². The number of hydrogen-bond donors (Lipinski definition) is 1. The van der Waals surface area contributed by atoms with E-state index >= 15 is 0 Å². The highest BCUT2D eigenvalue weighted by Crippen LogP contribution is 2.18. The second-order valence-electron chi connectivity index (χ2n) is 5.41. The highest BCUT2D eigenvalue weighted by atomic mass is 15.3. The minimum Gasteiger partial charge on any atom is -0.310 e.